The molecule has 24 heavy (non-hydrogen) atoms. The first-order chi connectivity index (χ1) is 11.8. The molecule has 1 amide bonds. The Hall–Kier alpha value is -2.44. The summed E-state index contributed by atoms with van der Waals surface area (Å²) >= 11 is 0. The van der Waals surface area contributed by atoms with Gasteiger partial charge in [-0.15, -0.1) is 0 Å². The minimum Gasteiger partial charge on any atom is -0.349 e. The van der Waals surface area contributed by atoms with Crippen molar-refractivity contribution >= 4 is 11.7 Å². The van der Waals surface area contributed by atoms with Crippen molar-refractivity contribution in [2.24, 2.45) is 0 Å². The summed E-state index contributed by atoms with van der Waals surface area (Å²) < 4.78 is 2.18. The van der Waals surface area contributed by atoms with Crippen LogP contribution in [0.4, 0.5) is 5.82 Å². The van der Waals surface area contributed by atoms with E-state index in [1.807, 2.05) is 17.4 Å². The van der Waals surface area contributed by atoms with Crippen molar-refractivity contribution in [3.05, 3.63) is 36.3 Å². The number of aromatic nitrogens is 4. The van der Waals surface area contributed by atoms with Gasteiger partial charge in [0.25, 0.3) is 5.91 Å². The van der Waals surface area contributed by atoms with Crippen molar-refractivity contribution in [1.82, 2.24) is 24.4 Å². The molecular formula is C17H22N6O. The smallest absolute Gasteiger partial charge is 0.274 e. The summed E-state index contributed by atoms with van der Waals surface area (Å²) in [4.78, 5) is 29.8. The molecule has 7 heteroatoms. The molecule has 7 nitrogen and oxygen atoms in total. The summed E-state index contributed by atoms with van der Waals surface area (Å²) in [5, 5.41) is 0. The molecule has 4 heterocycles. The largest absolute Gasteiger partial charge is 0.349 e. The molecule has 0 bridgehead atoms. The summed E-state index contributed by atoms with van der Waals surface area (Å²) in [7, 11) is 0. The fourth-order valence-electron chi connectivity index (χ4n) is 3.45. The Bertz CT molecular complexity index is 721. The lowest BCUT2D eigenvalue weighted by Crippen LogP contribution is -2.36. The van der Waals surface area contributed by atoms with E-state index in [1.165, 1.54) is 12.1 Å². The number of piperidine rings is 1. The second-order valence-corrected chi connectivity index (χ2v) is 6.47. The van der Waals surface area contributed by atoms with Gasteiger partial charge in [-0.3, -0.25) is 9.78 Å². The highest BCUT2D eigenvalue weighted by Crippen LogP contribution is 2.19. The van der Waals surface area contributed by atoms with Crippen LogP contribution < -0.4 is 4.90 Å². The van der Waals surface area contributed by atoms with Crippen molar-refractivity contribution < 1.29 is 4.79 Å². The second-order valence-electron chi connectivity index (χ2n) is 6.47. The quantitative estimate of drug-likeness (QED) is 0.840. The number of amides is 1. The number of likely N-dealkylation sites (tertiary alicyclic amines) is 1. The van der Waals surface area contributed by atoms with Gasteiger partial charge in [0.1, 0.15) is 11.5 Å². The van der Waals surface area contributed by atoms with Crippen LogP contribution in [0, 0.1) is 0 Å². The van der Waals surface area contributed by atoms with Crippen LogP contribution in [0.2, 0.25) is 0 Å². The Labute approximate surface area is 141 Å². The third-order valence-corrected chi connectivity index (χ3v) is 4.79. The number of rotatable bonds is 2. The fourth-order valence-corrected chi connectivity index (χ4v) is 3.45. The standard InChI is InChI=1S/C17H22N6O/c24-17(21-5-2-1-3-6-21)15-10-18-11-16(20-15)22-7-4-8-23-13-19-9-14(23)12-22/h9-11,13H,1-8,12H2. The van der Waals surface area contributed by atoms with Crippen molar-refractivity contribution in [3.63, 3.8) is 0 Å². The van der Waals surface area contributed by atoms with E-state index in [9.17, 15) is 4.79 Å². The maximum Gasteiger partial charge on any atom is 0.274 e. The first kappa shape index (κ1) is 15.1. The van der Waals surface area contributed by atoms with E-state index in [4.69, 9.17) is 0 Å². The van der Waals surface area contributed by atoms with Crippen molar-refractivity contribution in [1.29, 1.82) is 0 Å². The molecule has 126 valence electrons. The van der Waals surface area contributed by atoms with E-state index in [2.05, 4.69) is 24.4 Å². The summed E-state index contributed by atoms with van der Waals surface area (Å²) in [6.07, 6.45) is 11.5. The van der Waals surface area contributed by atoms with Crippen LogP contribution in [0.1, 0.15) is 41.9 Å². The van der Waals surface area contributed by atoms with Gasteiger partial charge in [-0.1, -0.05) is 0 Å². The summed E-state index contributed by atoms with van der Waals surface area (Å²) in [5.41, 5.74) is 1.62. The van der Waals surface area contributed by atoms with Crippen molar-refractivity contribution in [3.8, 4) is 0 Å². The highest BCUT2D eigenvalue weighted by atomic mass is 16.2. The first-order valence-electron chi connectivity index (χ1n) is 8.66. The zero-order valence-electron chi connectivity index (χ0n) is 13.8. The molecule has 0 aliphatic carbocycles. The second kappa shape index (κ2) is 6.59. The number of hydrogen-bond donors (Lipinski definition) is 0. The normalized spacial score (nSPS) is 18.2. The number of carbonyl (C=O) groups excluding carboxylic acids is 1. The number of carbonyl (C=O) groups is 1. The monoisotopic (exact) mass is 326 g/mol. The molecule has 2 aliphatic heterocycles. The summed E-state index contributed by atoms with van der Waals surface area (Å²) in [6.45, 7) is 4.26. The Kier molecular flexibility index (Phi) is 4.15. The molecule has 0 spiro atoms. The van der Waals surface area contributed by atoms with Crippen LogP contribution in [0.3, 0.4) is 0 Å². The third-order valence-electron chi connectivity index (χ3n) is 4.79. The third kappa shape index (κ3) is 2.98. The van der Waals surface area contributed by atoms with Gasteiger partial charge in [0, 0.05) is 32.4 Å². The van der Waals surface area contributed by atoms with E-state index in [0.717, 1.165) is 57.8 Å². The highest BCUT2D eigenvalue weighted by Gasteiger charge is 2.22. The molecule has 1 saturated heterocycles. The number of aryl methyl sites for hydroxylation is 1. The number of nitrogens with zero attached hydrogens (tertiary/aromatic N) is 6. The van der Waals surface area contributed by atoms with Gasteiger partial charge in [0.05, 0.1) is 31.0 Å². The molecule has 0 unspecified atom stereocenters. The van der Waals surface area contributed by atoms with E-state index >= 15 is 0 Å². The Morgan fingerprint density at radius 2 is 1.79 bits per heavy atom. The predicted molar refractivity (Wildman–Crippen MR) is 89.7 cm³/mol. The molecule has 1 fully saturated rings. The molecule has 4 rings (SSSR count). The lowest BCUT2D eigenvalue weighted by Gasteiger charge is -2.27. The van der Waals surface area contributed by atoms with E-state index in [0.29, 0.717) is 5.69 Å². The zero-order valence-corrected chi connectivity index (χ0v) is 13.8. The Morgan fingerprint density at radius 3 is 2.67 bits per heavy atom. The SMILES string of the molecule is O=C(c1cncc(N2CCCn3cncc3C2)n1)N1CCCCC1. The van der Waals surface area contributed by atoms with Gasteiger partial charge in [-0.25, -0.2) is 9.97 Å². The minimum absolute atomic E-state index is 0.00362. The first-order valence-corrected chi connectivity index (χ1v) is 8.66. The average Bonchev–Trinajstić information content (AvgIpc) is 2.98. The molecule has 0 N–H and O–H groups in total. The lowest BCUT2D eigenvalue weighted by atomic mass is 10.1. The summed E-state index contributed by atoms with van der Waals surface area (Å²) in [5.74, 6) is 0.774. The molecule has 0 atom stereocenters. The van der Waals surface area contributed by atoms with Crippen LogP contribution in [0.5, 0.6) is 0 Å². The van der Waals surface area contributed by atoms with E-state index < -0.39 is 0 Å². The zero-order chi connectivity index (χ0) is 16.4. The van der Waals surface area contributed by atoms with Crippen LogP contribution in [-0.2, 0) is 13.1 Å². The average molecular weight is 326 g/mol. The molecule has 2 aromatic heterocycles. The van der Waals surface area contributed by atoms with Gasteiger partial charge in [-0.2, -0.15) is 0 Å². The van der Waals surface area contributed by atoms with Gasteiger partial charge >= 0.3 is 0 Å². The fraction of sp³-hybridized carbons (Fsp3) is 0.529. The molecule has 2 aromatic rings. The lowest BCUT2D eigenvalue weighted by molar-refractivity contribution is 0.0718. The maximum atomic E-state index is 12.7. The van der Waals surface area contributed by atoms with E-state index in [1.54, 1.807) is 12.4 Å². The van der Waals surface area contributed by atoms with E-state index in [-0.39, 0.29) is 5.91 Å². The van der Waals surface area contributed by atoms with Crippen molar-refractivity contribution in [2.45, 2.75) is 38.8 Å². The van der Waals surface area contributed by atoms with Crippen LogP contribution in [0.25, 0.3) is 0 Å². The minimum atomic E-state index is 0.00362. The summed E-state index contributed by atoms with van der Waals surface area (Å²) in [6, 6.07) is 0. The predicted octanol–water partition coefficient (Wildman–Crippen LogP) is 1.71. The number of hydrogen-bond acceptors (Lipinski definition) is 5. The maximum absolute atomic E-state index is 12.7. The van der Waals surface area contributed by atoms with Gasteiger partial charge in [0.15, 0.2) is 0 Å². The van der Waals surface area contributed by atoms with Gasteiger partial charge < -0.3 is 14.4 Å². The molecule has 0 radical (unpaired) electrons. The topological polar surface area (TPSA) is 67.2 Å². The van der Waals surface area contributed by atoms with Crippen LogP contribution >= 0.6 is 0 Å². The number of anilines is 1. The number of fused-ring (bicyclic) bond motifs is 1. The molecule has 0 saturated carbocycles. The molecule has 2 aliphatic rings. The van der Waals surface area contributed by atoms with Gasteiger partial charge in [-0.05, 0) is 25.7 Å². The Morgan fingerprint density at radius 1 is 0.917 bits per heavy atom. The van der Waals surface area contributed by atoms with Crippen LogP contribution in [-0.4, -0.2) is 50.0 Å². The molecule has 0 aromatic carbocycles. The molecular weight excluding hydrogens is 304 g/mol. The van der Waals surface area contributed by atoms with Gasteiger partial charge in [0.2, 0.25) is 0 Å². The van der Waals surface area contributed by atoms with Crippen molar-refractivity contribution in [2.75, 3.05) is 24.5 Å². The Balaban J connectivity index is 1.55. The highest BCUT2D eigenvalue weighted by molar-refractivity contribution is 5.92. The van der Waals surface area contributed by atoms with Crippen LogP contribution in [0.15, 0.2) is 24.9 Å². The number of imidazole rings is 1.